The predicted octanol–water partition coefficient (Wildman–Crippen LogP) is 2.65. The van der Waals surface area contributed by atoms with Crippen LogP contribution in [0.25, 0.3) is 5.69 Å². The number of carbonyl (C=O) groups excluding carboxylic acids is 1. The highest BCUT2D eigenvalue weighted by Gasteiger charge is 2.18. The SMILES string of the molecule is COc1ccc(O)c(C(=O)c2cc(C#N)c(=O)n(-c3ccccc3)c2)c1. The van der Waals surface area contributed by atoms with Crippen LogP contribution in [0.5, 0.6) is 11.5 Å². The second-order valence-electron chi connectivity index (χ2n) is 5.48. The summed E-state index contributed by atoms with van der Waals surface area (Å²) in [5.74, 6) is -0.336. The summed E-state index contributed by atoms with van der Waals surface area (Å²) in [6.45, 7) is 0. The number of carbonyl (C=O) groups is 1. The number of methoxy groups -OCH3 is 1. The fourth-order valence-corrected chi connectivity index (χ4v) is 2.55. The van der Waals surface area contributed by atoms with Crippen molar-refractivity contribution in [3.05, 3.63) is 87.8 Å². The summed E-state index contributed by atoms with van der Waals surface area (Å²) in [6, 6.07) is 16.0. The maximum absolute atomic E-state index is 12.9. The van der Waals surface area contributed by atoms with Crippen molar-refractivity contribution in [1.29, 1.82) is 5.26 Å². The maximum Gasteiger partial charge on any atom is 0.273 e. The second kappa shape index (κ2) is 6.95. The topological polar surface area (TPSA) is 92.3 Å². The van der Waals surface area contributed by atoms with E-state index in [2.05, 4.69) is 0 Å². The first kappa shape index (κ1) is 17.0. The van der Waals surface area contributed by atoms with Crippen molar-refractivity contribution in [2.24, 2.45) is 0 Å². The van der Waals surface area contributed by atoms with Crippen LogP contribution in [0.4, 0.5) is 0 Å². The Morgan fingerprint density at radius 2 is 1.88 bits per heavy atom. The average Bonchev–Trinajstić information content (AvgIpc) is 2.68. The van der Waals surface area contributed by atoms with Gasteiger partial charge in [0.2, 0.25) is 0 Å². The number of phenols is 1. The molecule has 0 aliphatic rings. The molecule has 6 heteroatoms. The maximum atomic E-state index is 12.9. The van der Waals surface area contributed by atoms with Crippen LogP contribution >= 0.6 is 0 Å². The first-order chi connectivity index (χ1) is 12.5. The van der Waals surface area contributed by atoms with Crippen LogP contribution in [0.2, 0.25) is 0 Å². The highest BCUT2D eigenvalue weighted by Crippen LogP contribution is 2.25. The second-order valence-corrected chi connectivity index (χ2v) is 5.48. The Bertz CT molecular complexity index is 1080. The molecule has 6 nitrogen and oxygen atoms in total. The number of para-hydroxylation sites is 1. The molecular formula is C20H14N2O4. The Kier molecular flexibility index (Phi) is 4.54. The van der Waals surface area contributed by atoms with Gasteiger partial charge in [0.1, 0.15) is 23.1 Å². The molecule has 0 atom stereocenters. The van der Waals surface area contributed by atoms with Crippen LogP contribution in [-0.2, 0) is 0 Å². The van der Waals surface area contributed by atoms with Gasteiger partial charge in [0.15, 0.2) is 5.78 Å². The van der Waals surface area contributed by atoms with E-state index in [-0.39, 0.29) is 22.4 Å². The van der Waals surface area contributed by atoms with Gasteiger partial charge in [0.05, 0.1) is 12.7 Å². The van der Waals surface area contributed by atoms with E-state index in [1.54, 1.807) is 30.3 Å². The molecule has 0 amide bonds. The van der Waals surface area contributed by atoms with Gasteiger partial charge >= 0.3 is 0 Å². The molecule has 0 saturated carbocycles. The van der Waals surface area contributed by atoms with Gasteiger partial charge in [-0.3, -0.25) is 14.2 Å². The van der Waals surface area contributed by atoms with Gasteiger partial charge in [-0.15, -0.1) is 0 Å². The summed E-state index contributed by atoms with van der Waals surface area (Å²) >= 11 is 0. The molecule has 2 aromatic carbocycles. The summed E-state index contributed by atoms with van der Waals surface area (Å²) in [6.07, 6.45) is 1.36. The molecule has 0 saturated heterocycles. The minimum atomic E-state index is -0.525. The number of aromatic nitrogens is 1. The van der Waals surface area contributed by atoms with Crippen molar-refractivity contribution in [2.75, 3.05) is 7.11 Å². The number of pyridine rings is 1. The zero-order chi connectivity index (χ0) is 18.7. The van der Waals surface area contributed by atoms with Crippen molar-refractivity contribution in [3.63, 3.8) is 0 Å². The van der Waals surface area contributed by atoms with Crippen LogP contribution in [0.15, 0.2) is 65.6 Å². The van der Waals surface area contributed by atoms with E-state index in [1.807, 2.05) is 6.07 Å². The largest absolute Gasteiger partial charge is 0.507 e. The Balaban J connectivity index is 2.19. The van der Waals surface area contributed by atoms with Gasteiger partial charge in [-0.05, 0) is 36.4 Å². The van der Waals surface area contributed by atoms with Crippen LogP contribution in [0.1, 0.15) is 21.5 Å². The fraction of sp³-hybridized carbons (Fsp3) is 0.0500. The quantitative estimate of drug-likeness (QED) is 0.733. The standard InChI is InChI=1S/C20H14N2O4/c1-26-16-7-8-18(23)17(10-16)19(24)14-9-13(11-21)20(25)22(12-14)15-5-3-2-4-6-15/h2-10,12,23H,1H3. The van der Waals surface area contributed by atoms with Crippen LogP contribution in [0.3, 0.4) is 0 Å². The van der Waals surface area contributed by atoms with Crippen LogP contribution in [-0.4, -0.2) is 22.6 Å². The smallest absolute Gasteiger partial charge is 0.273 e. The lowest BCUT2D eigenvalue weighted by Crippen LogP contribution is -2.22. The van der Waals surface area contributed by atoms with Crippen molar-refractivity contribution in [2.45, 2.75) is 0 Å². The van der Waals surface area contributed by atoms with Gasteiger partial charge in [-0.2, -0.15) is 5.26 Å². The van der Waals surface area contributed by atoms with E-state index >= 15 is 0 Å². The molecule has 0 fully saturated rings. The number of benzene rings is 2. The normalized spacial score (nSPS) is 10.2. The molecule has 128 valence electrons. The number of hydrogen-bond donors (Lipinski definition) is 1. The summed E-state index contributed by atoms with van der Waals surface area (Å²) < 4.78 is 6.32. The number of hydrogen-bond acceptors (Lipinski definition) is 5. The monoisotopic (exact) mass is 346 g/mol. The third-order valence-corrected chi connectivity index (χ3v) is 3.88. The molecule has 1 N–H and O–H groups in total. The van der Waals surface area contributed by atoms with Crippen molar-refractivity contribution < 1.29 is 14.6 Å². The number of nitrogens with zero attached hydrogens (tertiary/aromatic N) is 2. The molecule has 0 radical (unpaired) electrons. The summed E-state index contributed by atoms with van der Waals surface area (Å²) in [5.41, 5.74) is -0.0363. The lowest BCUT2D eigenvalue weighted by molar-refractivity contribution is 0.103. The number of aromatic hydroxyl groups is 1. The van der Waals surface area contributed by atoms with Crippen molar-refractivity contribution in [1.82, 2.24) is 4.57 Å². The molecule has 26 heavy (non-hydrogen) atoms. The van der Waals surface area contributed by atoms with E-state index < -0.39 is 11.3 Å². The molecule has 1 heterocycles. The third kappa shape index (κ3) is 3.06. The van der Waals surface area contributed by atoms with Gasteiger partial charge in [-0.1, -0.05) is 18.2 Å². The van der Waals surface area contributed by atoms with Crippen LogP contribution in [0, 0.1) is 11.3 Å². The average molecular weight is 346 g/mol. The number of nitriles is 1. The van der Waals surface area contributed by atoms with Gasteiger partial charge < -0.3 is 9.84 Å². The van der Waals surface area contributed by atoms with Gasteiger partial charge in [0, 0.05) is 17.4 Å². The minimum Gasteiger partial charge on any atom is -0.507 e. The number of rotatable bonds is 4. The number of ether oxygens (including phenoxy) is 1. The Morgan fingerprint density at radius 3 is 2.54 bits per heavy atom. The summed E-state index contributed by atoms with van der Waals surface area (Å²) in [7, 11) is 1.45. The molecule has 0 aliphatic carbocycles. The van der Waals surface area contributed by atoms with Crippen LogP contribution < -0.4 is 10.3 Å². The summed E-state index contributed by atoms with van der Waals surface area (Å²) in [4.78, 5) is 25.3. The van der Waals surface area contributed by atoms with Crippen molar-refractivity contribution >= 4 is 5.78 Å². The predicted molar refractivity (Wildman–Crippen MR) is 94.8 cm³/mol. The lowest BCUT2D eigenvalue weighted by Gasteiger charge is -2.10. The first-order valence-electron chi connectivity index (χ1n) is 7.69. The molecule has 3 aromatic rings. The van der Waals surface area contributed by atoms with Gasteiger partial charge in [0.25, 0.3) is 5.56 Å². The molecule has 3 rings (SSSR count). The van der Waals surface area contributed by atoms with E-state index in [0.29, 0.717) is 11.4 Å². The highest BCUT2D eigenvalue weighted by atomic mass is 16.5. The van der Waals surface area contributed by atoms with Crippen molar-refractivity contribution in [3.8, 4) is 23.3 Å². The molecule has 1 aromatic heterocycles. The fourth-order valence-electron chi connectivity index (χ4n) is 2.55. The number of phenolic OH excluding ortho intramolecular Hbond substituents is 1. The molecule has 0 spiro atoms. The Morgan fingerprint density at radius 1 is 1.15 bits per heavy atom. The zero-order valence-corrected chi connectivity index (χ0v) is 13.8. The van der Waals surface area contributed by atoms with E-state index in [9.17, 15) is 20.0 Å². The summed E-state index contributed by atoms with van der Waals surface area (Å²) in [5, 5.41) is 19.3. The lowest BCUT2D eigenvalue weighted by atomic mass is 10.0. The molecule has 0 unspecified atom stereocenters. The Hall–Kier alpha value is -3.85. The number of ketones is 1. The zero-order valence-electron chi connectivity index (χ0n) is 13.8. The minimum absolute atomic E-state index is 0.0199. The van der Waals surface area contributed by atoms with Gasteiger partial charge in [-0.25, -0.2) is 0 Å². The van der Waals surface area contributed by atoms with E-state index in [1.165, 1.54) is 42.1 Å². The van der Waals surface area contributed by atoms with E-state index in [0.717, 1.165) is 0 Å². The molecular weight excluding hydrogens is 332 g/mol. The van der Waals surface area contributed by atoms with E-state index in [4.69, 9.17) is 4.74 Å². The molecule has 0 bridgehead atoms. The highest BCUT2D eigenvalue weighted by molar-refractivity contribution is 6.10. The third-order valence-electron chi connectivity index (χ3n) is 3.88. The Labute approximate surface area is 149 Å². The first-order valence-corrected chi connectivity index (χ1v) is 7.69. The molecule has 0 aliphatic heterocycles.